The van der Waals surface area contributed by atoms with Crippen LogP contribution in [0.15, 0.2) is 18.3 Å². The molecule has 1 aliphatic rings. The van der Waals surface area contributed by atoms with E-state index in [1.165, 1.54) is 0 Å². The summed E-state index contributed by atoms with van der Waals surface area (Å²) in [5.41, 5.74) is 0.457. The van der Waals surface area contributed by atoms with Crippen molar-refractivity contribution in [3.8, 4) is 0 Å². The number of amides is 1. The molecule has 34 heavy (non-hydrogen) atoms. The van der Waals surface area contributed by atoms with Crippen LogP contribution in [0.25, 0.3) is 11.2 Å². The van der Waals surface area contributed by atoms with Gasteiger partial charge in [0.15, 0.2) is 17.3 Å². The van der Waals surface area contributed by atoms with Crippen LogP contribution in [0.1, 0.15) is 52.5 Å². The maximum absolute atomic E-state index is 14.4. The lowest BCUT2D eigenvalue weighted by molar-refractivity contribution is -0.126. The largest absolute Gasteiger partial charge is 0.356 e. The molecule has 4 rings (SSSR count). The SMILES string of the molecule is CCNC(=O)C1CCC(n2c(Nc3c(F)cc(F)cc3F)nc3cnc(NC(C)C)nc32)CC1. The molecule has 3 N–H and O–H groups in total. The number of hydrogen-bond acceptors (Lipinski definition) is 6. The molecule has 1 aliphatic carbocycles. The summed E-state index contributed by atoms with van der Waals surface area (Å²) < 4.78 is 44.0. The van der Waals surface area contributed by atoms with Gasteiger partial charge in [-0.2, -0.15) is 4.98 Å². The van der Waals surface area contributed by atoms with Gasteiger partial charge in [0.25, 0.3) is 0 Å². The topological polar surface area (TPSA) is 96.8 Å². The van der Waals surface area contributed by atoms with E-state index in [-0.39, 0.29) is 29.9 Å². The average molecular weight is 476 g/mol. The molecule has 0 bridgehead atoms. The highest BCUT2D eigenvalue weighted by atomic mass is 19.1. The number of hydrogen-bond donors (Lipinski definition) is 3. The number of nitrogens with zero attached hydrogens (tertiary/aromatic N) is 4. The van der Waals surface area contributed by atoms with Crippen LogP contribution in [0.4, 0.5) is 30.8 Å². The minimum atomic E-state index is -1.07. The molecule has 0 unspecified atom stereocenters. The van der Waals surface area contributed by atoms with Crippen molar-refractivity contribution in [2.45, 2.75) is 58.5 Å². The molecule has 0 aliphatic heterocycles. The van der Waals surface area contributed by atoms with Crippen molar-refractivity contribution in [2.24, 2.45) is 5.92 Å². The first kappa shape index (κ1) is 23.8. The molecule has 1 saturated carbocycles. The lowest BCUT2D eigenvalue weighted by atomic mass is 9.85. The summed E-state index contributed by atoms with van der Waals surface area (Å²) >= 11 is 0. The number of carbonyl (C=O) groups excluding carboxylic acids is 1. The third kappa shape index (κ3) is 4.92. The van der Waals surface area contributed by atoms with Crippen LogP contribution >= 0.6 is 0 Å². The third-order valence-corrected chi connectivity index (χ3v) is 5.88. The molecule has 1 amide bonds. The highest BCUT2D eigenvalue weighted by molar-refractivity contribution is 5.79. The Morgan fingerprint density at radius 2 is 1.79 bits per heavy atom. The number of rotatable bonds is 7. The number of carbonyl (C=O) groups is 1. The Morgan fingerprint density at radius 3 is 2.41 bits per heavy atom. The van der Waals surface area contributed by atoms with Gasteiger partial charge in [-0.1, -0.05) is 0 Å². The van der Waals surface area contributed by atoms with E-state index in [1.54, 1.807) is 10.8 Å². The van der Waals surface area contributed by atoms with Gasteiger partial charge in [-0.25, -0.2) is 23.1 Å². The summed E-state index contributed by atoms with van der Waals surface area (Å²) in [6, 6.07) is 1.22. The Labute approximate surface area is 195 Å². The molecular formula is C23H28F3N7O. The van der Waals surface area contributed by atoms with E-state index in [0.717, 1.165) is 0 Å². The van der Waals surface area contributed by atoms with E-state index < -0.39 is 23.1 Å². The van der Waals surface area contributed by atoms with Gasteiger partial charge in [0.2, 0.25) is 17.8 Å². The smallest absolute Gasteiger partial charge is 0.224 e. The summed E-state index contributed by atoms with van der Waals surface area (Å²) in [5, 5.41) is 8.72. The number of imidazole rings is 1. The fourth-order valence-corrected chi connectivity index (χ4v) is 4.34. The van der Waals surface area contributed by atoms with E-state index >= 15 is 0 Å². The second kappa shape index (κ2) is 9.86. The highest BCUT2D eigenvalue weighted by Gasteiger charge is 2.30. The molecule has 1 fully saturated rings. The van der Waals surface area contributed by atoms with Crippen molar-refractivity contribution >= 4 is 34.7 Å². The second-order valence-corrected chi connectivity index (χ2v) is 8.78. The van der Waals surface area contributed by atoms with Crippen molar-refractivity contribution < 1.29 is 18.0 Å². The fraction of sp³-hybridized carbons (Fsp3) is 0.478. The first-order valence-corrected chi connectivity index (χ1v) is 11.5. The maximum Gasteiger partial charge on any atom is 0.224 e. The molecule has 2 heterocycles. The molecular weight excluding hydrogens is 447 g/mol. The van der Waals surface area contributed by atoms with Crippen LogP contribution in [0.3, 0.4) is 0 Å². The Morgan fingerprint density at radius 1 is 1.12 bits per heavy atom. The van der Waals surface area contributed by atoms with Crippen LogP contribution in [0.2, 0.25) is 0 Å². The monoisotopic (exact) mass is 475 g/mol. The summed E-state index contributed by atoms with van der Waals surface area (Å²) in [5.74, 6) is -2.60. The number of nitrogens with one attached hydrogen (secondary N) is 3. The fourth-order valence-electron chi connectivity index (χ4n) is 4.34. The molecule has 1 aromatic carbocycles. The van der Waals surface area contributed by atoms with Gasteiger partial charge in [-0.05, 0) is 46.5 Å². The van der Waals surface area contributed by atoms with Crippen molar-refractivity contribution in [3.63, 3.8) is 0 Å². The van der Waals surface area contributed by atoms with Gasteiger partial charge in [0, 0.05) is 36.7 Å². The van der Waals surface area contributed by atoms with E-state index in [4.69, 9.17) is 0 Å². The number of fused-ring (bicyclic) bond motifs is 1. The molecule has 0 atom stereocenters. The van der Waals surface area contributed by atoms with Gasteiger partial charge < -0.3 is 16.0 Å². The van der Waals surface area contributed by atoms with Crippen LogP contribution in [0, 0.1) is 23.4 Å². The summed E-state index contributed by atoms with van der Waals surface area (Å²) in [7, 11) is 0. The lowest BCUT2D eigenvalue weighted by Crippen LogP contribution is -2.33. The first-order valence-electron chi connectivity index (χ1n) is 11.5. The zero-order valence-electron chi connectivity index (χ0n) is 19.3. The van der Waals surface area contributed by atoms with Gasteiger partial charge in [0.1, 0.15) is 17.0 Å². The molecule has 182 valence electrons. The van der Waals surface area contributed by atoms with E-state index in [0.29, 0.717) is 61.5 Å². The molecule has 11 heteroatoms. The van der Waals surface area contributed by atoms with Crippen molar-refractivity contribution in [1.82, 2.24) is 24.8 Å². The van der Waals surface area contributed by atoms with Crippen LogP contribution in [0.5, 0.6) is 0 Å². The average Bonchev–Trinajstić information content (AvgIpc) is 3.13. The third-order valence-electron chi connectivity index (χ3n) is 5.88. The summed E-state index contributed by atoms with van der Waals surface area (Å²) in [6.07, 6.45) is 4.20. The standard InChI is InChI=1S/C23H28F3N7O/c1-4-27-21(34)13-5-7-15(8-6-13)33-20-18(11-28-22(32-20)29-12(2)3)30-23(33)31-19-16(25)9-14(24)10-17(19)26/h9-13,15H,4-8H2,1-3H3,(H,27,34)(H,30,31)(H,28,29,32). The Hall–Kier alpha value is -3.37. The van der Waals surface area contributed by atoms with Crippen LogP contribution < -0.4 is 16.0 Å². The van der Waals surface area contributed by atoms with E-state index in [9.17, 15) is 18.0 Å². The minimum absolute atomic E-state index is 0.0380. The lowest BCUT2D eigenvalue weighted by Gasteiger charge is -2.29. The Balaban J connectivity index is 1.72. The first-order chi connectivity index (χ1) is 16.3. The zero-order valence-corrected chi connectivity index (χ0v) is 19.3. The number of anilines is 3. The van der Waals surface area contributed by atoms with Crippen molar-refractivity contribution in [1.29, 1.82) is 0 Å². The Kier molecular flexibility index (Phi) is 6.90. The number of aromatic nitrogens is 4. The molecule has 8 nitrogen and oxygen atoms in total. The molecule has 2 aromatic heterocycles. The van der Waals surface area contributed by atoms with E-state index in [2.05, 4.69) is 30.9 Å². The van der Waals surface area contributed by atoms with E-state index in [1.807, 2.05) is 20.8 Å². The maximum atomic E-state index is 14.4. The van der Waals surface area contributed by atoms with Gasteiger partial charge in [-0.3, -0.25) is 9.36 Å². The van der Waals surface area contributed by atoms with Crippen LogP contribution in [-0.2, 0) is 4.79 Å². The second-order valence-electron chi connectivity index (χ2n) is 8.78. The molecule has 0 saturated heterocycles. The quantitative estimate of drug-likeness (QED) is 0.459. The molecule has 0 radical (unpaired) electrons. The summed E-state index contributed by atoms with van der Waals surface area (Å²) in [6.45, 7) is 6.38. The van der Waals surface area contributed by atoms with Gasteiger partial charge >= 0.3 is 0 Å². The number of benzene rings is 1. The summed E-state index contributed by atoms with van der Waals surface area (Å²) in [4.78, 5) is 25.6. The predicted molar refractivity (Wildman–Crippen MR) is 123 cm³/mol. The normalized spacial score (nSPS) is 18.3. The molecule has 3 aromatic rings. The van der Waals surface area contributed by atoms with Crippen molar-refractivity contribution in [3.05, 3.63) is 35.8 Å². The minimum Gasteiger partial charge on any atom is -0.356 e. The van der Waals surface area contributed by atoms with Gasteiger partial charge in [-0.15, -0.1) is 0 Å². The van der Waals surface area contributed by atoms with Gasteiger partial charge in [0.05, 0.1) is 6.20 Å². The number of halogens is 3. The predicted octanol–water partition coefficient (Wildman–Crippen LogP) is 4.67. The molecule has 0 spiro atoms. The zero-order chi connectivity index (χ0) is 24.4. The van der Waals surface area contributed by atoms with Crippen LogP contribution in [-0.4, -0.2) is 38.0 Å². The van der Waals surface area contributed by atoms with Crippen molar-refractivity contribution in [2.75, 3.05) is 17.2 Å². The Bertz CT molecular complexity index is 1170. The highest BCUT2D eigenvalue weighted by Crippen LogP contribution is 2.37.